The molecule has 0 radical (unpaired) electrons. The average Bonchev–Trinajstić information content (AvgIpc) is 2.63. The van der Waals surface area contributed by atoms with Crippen LogP contribution in [0.4, 0.5) is 21.5 Å². The number of nitro benzene ring substituents is 1. The van der Waals surface area contributed by atoms with Crippen LogP contribution in [0.2, 0.25) is 0 Å². The minimum atomic E-state index is -0.586. The van der Waals surface area contributed by atoms with Gasteiger partial charge in [-0.1, -0.05) is 19.1 Å². The lowest BCUT2D eigenvalue weighted by molar-refractivity contribution is -0.384. The number of halogens is 1. The third-order valence-electron chi connectivity index (χ3n) is 4.68. The molecule has 0 aliphatic carbocycles. The van der Waals surface area contributed by atoms with E-state index in [2.05, 4.69) is 12.2 Å². The van der Waals surface area contributed by atoms with Crippen LogP contribution in [0.1, 0.15) is 30.1 Å². The normalized spacial score (nSPS) is 14.9. The van der Waals surface area contributed by atoms with Crippen molar-refractivity contribution in [3.63, 3.8) is 0 Å². The van der Waals surface area contributed by atoms with Crippen LogP contribution in [-0.2, 0) is 0 Å². The number of nitrogens with one attached hydrogen (secondary N) is 1. The first-order valence-electron chi connectivity index (χ1n) is 8.55. The first-order chi connectivity index (χ1) is 12.5. The van der Waals surface area contributed by atoms with E-state index < -0.39 is 16.6 Å². The number of hydrogen-bond donors (Lipinski definition) is 1. The SMILES string of the molecule is CC1CCN(c2ccc(C(=O)Nc3ccccc3F)cc2[N+](=O)[O-])CC1. The summed E-state index contributed by atoms with van der Waals surface area (Å²) in [6.07, 6.45) is 1.96. The van der Waals surface area contributed by atoms with Crippen LogP contribution in [0.3, 0.4) is 0 Å². The lowest BCUT2D eigenvalue weighted by Crippen LogP contribution is -2.33. The van der Waals surface area contributed by atoms with Crippen molar-refractivity contribution >= 4 is 23.0 Å². The van der Waals surface area contributed by atoms with Crippen molar-refractivity contribution in [1.82, 2.24) is 0 Å². The lowest BCUT2D eigenvalue weighted by atomic mass is 9.98. The molecule has 0 spiro atoms. The van der Waals surface area contributed by atoms with E-state index in [-0.39, 0.29) is 16.9 Å². The van der Waals surface area contributed by atoms with Gasteiger partial charge in [-0.25, -0.2) is 4.39 Å². The highest BCUT2D eigenvalue weighted by Crippen LogP contribution is 2.32. The molecule has 0 atom stereocenters. The minimum absolute atomic E-state index is 0.0363. The molecule has 1 saturated heterocycles. The van der Waals surface area contributed by atoms with Gasteiger partial charge in [0.15, 0.2) is 0 Å². The molecule has 2 aromatic carbocycles. The van der Waals surface area contributed by atoms with Crippen LogP contribution in [0, 0.1) is 21.8 Å². The largest absolute Gasteiger partial charge is 0.366 e. The molecule has 6 nitrogen and oxygen atoms in total. The zero-order chi connectivity index (χ0) is 18.7. The summed E-state index contributed by atoms with van der Waals surface area (Å²) in [5, 5.41) is 14.0. The zero-order valence-corrected chi connectivity index (χ0v) is 14.4. The highest BCUT2D eigenvalue weighted by Gasteiger charge is 2.25. The molecule has 136 valence electrons. The number of amides is 1. The Labute approximate surface area is 150 Å². The average molecular weight is 357 g/mol. The predicted molar refractivity (Wildman–Crippen MR) is 98.1 cm³/mol. The highest BCUT2D eigenvalue weighted by atomic mass is 19.1. The van der Waals surface area contributed by atoms with Gasteiger partial charge in [0.25, 0.3) is 11.6 Å². The Hall–Kier alpha value is -2.96. The number of rotatable bonds is 4. The maximum atomic E-state index is 13.7. The lowest BCUT2D eigenvalue weighted by Gasteiger charge is -2.31. The highest BCUT2D eigenvalue weighted by molar-refractivity contribution is 6.05. The molecule has 26 heavy (non-hydrogen) atoms. The van der Waals surface area contributed by atoms with Crippen molar-refractivity contribution in [2.45, 2.75) is 19.8 Å². The molecule has 0 aromatic heterocycles. The molecule has 3 rings (SSSR count). The molecule has 1 aliphatic rings. The number of para-hydroxylation sites is 1. The summed E-state index contributed by atoms with van der Waals surface area (Å²) in [4.78, 5) is 25.4. The molecule has 1 heterocycles. The molecule has 2 aromatic rings. The molecular formula is C19H20FN3O3. The molecular weight excluding hydrogens is 337 g/mol. The van der Waals surface area contributed by atoms with Crippen molar-refractivity contribution < 1.29 is 14.1 Å². The Kier molecular flexibility index (Phi) is 5.16. The van der Waals surface area contributed by atoms with Crippen molar-refractivity contribution in [2.75, 3.05) is 23.3 Å². The van der Waals surface area contributed by atoms with E-state index in [9.17, 15) is 19.3 Å². The molecule has 0 saturated carbocycles. The standard InChI is InChI=1S/C19H20FN3O3/c1-13-8-10-22(11-9-13)17-7-6-14(12-18(17)23(25)26)19(24)21-16-5-3-2-4-15(16)20/h2-7,12-13H,8-11H2,1H3,(H,21,24). The van der Waals surface area contributed by atoms with E-state index in [1.54, 1.807) is 12.1 Å². The van der Waals surface area contributed by atoms with Crippen molar-refractivity contribution in [2.24, 2.45) is 5.92 Å². The number of carbonyl (C=O) groups is 1. The quantitative estimate of drug-likeness (QED) is 0.656. The van der Waals surface area contributed by atoms with Gasteiger partial charge in [-0.2, -0.15) is 0 Å². The van der Waals surface area contributed by atoms with Crippen molar-refractivity contribution in [3.8, 4) is 0 Å². The summed E-state index contributed by atoms with van der Waals surface area (Å²) < 4.78 is 13.7. The molecule has 1 amide bonds. The fourth-order valence-electron chi connectivity index (χ4n) is 3.08. The summed E-state index contributed by atoms with van der Waals surface area (Å²) in [5.41, 5.74) is 0.563. The number of nitrogens with zero attached hydrogens (tertiary/aromatic N) is 2. The predicted octanol–water partition coefficient (Wildman–Crippen LogP) is 4.22. The van der Waals surface area contributed by atoms with E-state index in [0.29, 0.717) is 11.6 Å². The summed E-state index contributed by atoms with van der Waals surface area (Å²) in [5.74, 6) is -0.539. The first-order valence-corrected chi connectivity index (χ1v) is 8.55. The van der Waals surface area contributed by atoms with Crippen molar-refractivity contribution in [3.05, 3.63) is 64.0 Å². The van der Waals surface area contributed by atoms with Gasteiger partial charge in [0.2, 0.25) is 0 Å². The van der Waals surface area contributed by atoms with E-state index in [4.69, 9.17) is 0 Å². The monoisotopic (exact) mass is 357 g/mol. The van der Waals surface area contributed by atoms with Gasteiger partial charge in [0.05, 0.1) is 10.6 Å². The molecule has 1 aliphatic heterocycles. The number of piperidine rings is 1. The van der Waals surface area contributed by atoms with E-state index >= 15 is 0 Å². The van der Waals surface area contributed by atoms with Crippen LogP contribution in [0.25, 0.3) is 0 Å². The number of benzene rings is 2. The number of nitro groups is 1. The maximum Gasteiger partial charge on any atom is 0.293 e. The Morgan fingerprint density at radius 3 is 2.58 bits per heavy atom. The van der Waals surface area contributed by atoms with Gasteiger partial charge in [0.1, 0.15) is 11.5 Å². The summed E-state index contributed by atoms with van der Waals surface area (Å²) in [6.45, 7) is 3.67. The van der Waals surface area contributed by atoms with Crippen LogP contribution in [-0.4, -0.2) is 23.9 Å². The number of carbonyl (C=O) groups excluding carboxylic acids is 1. The smallest absolute Gasteiger partial charge is 0.293 e. The fourth-order valence-corrected chi connectivity index (χ4v) is 3.08. The van der Waals surface area contributed by atoms with Gasteiger partial charge in [-0.3, -0.25) is 14.9 Å². The Morgan fingerprint density at radius 2 is 1.92 bits per heavy atom. The third-order valence-corrected chi connectivity index (χ3v) is 4.68. The molecule has 1 fully saturated rings. The van der Waals surface area contributed by atoms with Gasteiger partial charge in [-0.05, 0) is 43.0 Å². The fraction of sp³-hybridized carbons (Fsp3) is 0.316. The summed E-state index contributed by atoms with van der Waals surface area (Å²) in [6, 6.07) is 10.2. The van der Waals surface area contributed by atoms with Crippen LogP contribution in [0.5, 0.6) is 0 Å². The Balaban J connectivity index is 1.85. The molecule has 0 bridgehead atoms. The number of hydrogen-bond acceptors (Lipinski definition) is 4. The maximum absolute atomic E-state index is 13.7. The summed E-state index contributed by atoms with van der Waals surface area (Å²) in [7, 11) is 0. The van der Waals surface area contributed by atoms with Gasteiger partial charge in [-0.15, -0.1) is 0 Å². The van der Waals surface area contributed by atoms with Gasteiger partial charge >= 0.3 is 0 Å². The Morgan fingerprint density at radius 1 is 1.23 bits per heavy atom. The second-order valence-corrected chi connectivity index (χ2v) is 6.56. The van der Waals surface area contributed by atoms with E-state index in [1.165, 1.54) is 30.3 Å². The Bertz CT molecular complexity index is 833. The van der Waals surface area contributed by atoms with Crippen LogP contribution >= 0.6 is 0 Å². The zero-order valence-electron chi connectivity index (χ0n) is 14.4. The van der Waals surface area contributed by atoms with Crippen LogP contribution in [0.15, 0.2) is 42.5 Å². The van der Waals surface area contributed by atoms with E-state index in [0.717, 1.165) is 25.9 Å². The topological polar surface area (TPSA) is 75.5 Å². The van der Waals surface area contributed by atoms with Crippen molar-refractivity contribution in [1.29, 1.82) is 0 Å². The molecule has 0 unspecified atom stereocenters. The van der Waals surface area contributed by atoms with Gasteiger partial charge < -0.3 is 10.2 Å². The molecule has 7 heteroatoms. The second kappa shape index (κ2) is 7.51. The first kappa shape index (κ1) is 17.8. The molecule has 1 N–H and O–H groups in total. The van der Waals surface area contributed by atoms with E-state index in [1.807, 2.05) is 4.90 Å². The minimum Gasteiger partial charge on any atom is -0.366 e. The summed E-state index contributed by atoms with van der Waals surface area (Å²) >= 11 is 0. The van der Waals surface area contributed by atoms with Gasteiger partial charge in [0, 0.05) is 24.7 Å². The van der Waals surface area contributed by atoms with Crippen LogP contribution < -0.4 is 10.2 Å². The second-order valence-electron chi connectivity index (χ2n) is 6.56. The third kappa shape index (κ3) is 3.82. The number of anilines is 2.